The first-order chi connectivity index (χ1) is 10.7. The molecule has 23 heavy (non-hydrogen) atoms. The summed E-state index contributed by atoms with van der Waals surface area (Å²) >= 11 is 7.60. The van der Waals surface area contributed by atoms with Crippen molar-refractivity contribution in [2.24, 2.45) is 5.41 Å². The topological polar surface area (TPSA) is 42.0 Å². The summed E-state index contributed by atoms with van der Waals surface area (Å²) in [6.07, 6.45) is 1.36. The van der Waals surface area contributed by atoms with Gasteiger partial charge < -0.3 is 5.32 Å². The molecule has 1 aromatic carbocycles. The summed E-state index contributed by atoms with van der Waals surface area (Å²) in [5.41, 5.74) is 2.13. The van der Waals surface area contributed by atoms with Gasteiger partial charge in [0.15, 0.2) is 0 Å². The average molecular weight is 351 g/mol. The highest BCUT2D eigenvalue weighted by Crippen LogP contribution is 2.29. The Kier molecular flexibility index (Phi) is 5.82. The zero-order chi connectivity index (χ0) is 17.0. The molecular weight excluding hydrogens is 328 g/mol. The van der Waals surface area contributed by atoms with Gasteiger partial charge in [-0.25, -0.2) is 4.98 Å². The van der Waals surface area contributed by atoms with Crippen molar-refractivity contribution in [2.45, 2.75) is 40.5 Å². The maximum atomic E-state index is 11.9. The highest BCUT2D eigenvalue weighted by molar-refractivity contribution is 7.15. The smallest absolute Gasteiger partial charge is 0.220 e. The Hall–Kier alpha value is -1.39. The largest absolute Gasteiger partial charge is 0.356 e. The number of nitrogens with zero attached hydrogens (tertiary/aromatic N) is 1. The number of nitrogens with one attached hydrogen (secondary N) is 1. The van der Waals surface area contributed by atoms with Crippen molar-refractivity contribution in [3.05, 3.63) is 39.9 Å². The second kappa shape index (κ2) is 7.45. The predicted molar refractivity (Wildman–Crippen MR) is 98.1 cm³/mol. The average Bonchev–Trinajstić information content (AvgIpc) is 2.79. The fraction of sp³-hybridized carbons (Fsp3) is 0.444. The quantitative estimate of drug-likeness (QED) is 0.836. The van der Waals surface area contributed by atoms with Gasteiger partial charge in [-0.1, -0.05) is 44.5 Å². The molecule has 0 saturated carbocycles. The molecular formula is C18H23ClN2OS. The van der Waals surface area contributed by atoms with E-state index in [1.807, 2.05) is 31.2 Å². The van der Waals surface area contributed by atoms with Crippen LogP contribution in [0.5, 0.6) is 0 Å². The van der Waals surface area contributed by atoms with Gasteiger partial charge in [-0.3, -0.25) is 4.79 Å². The normalized spacial score (nSPS) is 11.5. The maximum Gasteiger partial charge on any atom is 0.220 e. The Balaban J connectivity index is 1.94. The first-order valence-electron chi connectivity index (χ1n) is 7.73. The third-order valence-corrected chi connectivity index (χ3v) is 4.87. The molecule has 0 saturated heterocycles. The molecule has 124 valence electrons. The van der Waals surface area contributed by atoms with Crippen LogP contribution in [0, 0.1) is 12.3 Å². The Morgan fingerprint density at radius 2 is 1.91 bits per heavy atom. The number of carbonyl (C=O) groups excluding carboxylic acids is 1. The standard InChI is InChI=1S/C18H23ClN2OS/c1-12-15(9-10-20-16(22)11-18(2,3)4)23-17(21-12)13-5-7-14(19)8-6-13/h5-8H,9-11H2,1-4H3,(H,20,22). The molecule has 0 aliphatic rings. The molecule has 0 unspecified atom stereocenters. The monoisotopic (exact) mass is 350 g/mol. The second-order valence-electron chi connectivity index (χ2n) is 6.87. The number of hydrogen-bond donors (Lipinski definition) is 1. The van der Waals surface area contributed by atoms with Crippen molar-refractivity contribution >= 4 is 28.8 Å². The lowest BCUT2D eigenvalue weighted by atomic mass is 9.92. The highest BCUT2D eigenvalue weighted by Gasteiger charge is 2.16. The van der Waals surface area contributed by atoms with E-state index in [4.69, 9.17) is 11.6 Å². The zero-order valence-corrected chi connectivity index (χ0v) is 15.6. The van der Waals surface area contributed by atoms with E-state index < -0.39 is 0 Å². The van der Waals surface area contributed by atoms with Crippen LogP contribution in [0.25, 0.3) is 10.6 Å². The van der Waals surface area contributed by atoms with E-state index in [-0.39, 0.29) is 11.3 Å². The number of hydrogen-bond acceptors (Lipinski definition) is 3. The van der Waals surface area contributed by atoms with Crippen molar-refractivity contribution in [3.63, 3.8) is 0 Å². The first kappa shape index (κ1) is 18.0. The number of amides is 1. The molecule has 5 heteroatoms. The summed E-state index contributed by atoms with van der Waals surface area (Å²) in [6, 6.07) is 7.71. The lowest BCUT2D eigenvalue weighted by molar-refractivity contribution is -0.122. The number of benzene rings is 1. The summed E-state index contributed by atoms with van der Waals surface area (Å²) < 4.78 is 0. The van der Waals surface area contributed by atoms with Crippen LogP contribution in [0.3, 0.4) is 0 Å². The molecule has 0 bridgehead atoms. The van der Waals surface area contributed by atoms with Crippen LogP contribution in [-0.2, 0) is 11.2 Å². The molecule has 0 aliphatic heterocycles. The van der Waals surface area contributed by atoms with E-state index >= 15 is 0 Å². The summed E-state index contributed by atoms with van der Waals surface area (Å²) in [4.78, 5) is 17.7. The first-order valence-corrected chi connectivity index (χ1v) is 8.93. The molecule has 0 fully saturated rings. The lowest BCUT2D eigenvalue weighted by Gasteiger charge is -2.17. The minimum atomic E-state index is 0.0201. The van der Waals surface area contributed by atoms with E-state index in [0.717, 1.165) is 27.7 Å². The van der Waals surface area contributed by atoms with Gasteiger partial charge in [0.1, 0.15) is 5.01 Å². The highest BCUT2D eigenvalue weighted by atomic mass is 35.5. The number of thiazole rings is 1. The van der Waals surface area contributed by atoms with Crippen molar-refractivity contribution in [1.29, 1.82) is 0 Å². The molecule has 0 atom stereocenters. The third-order valence-electron chi connectivity index (χ3n) is 3.35. The number of aromatic nitrogens is 1. The fourth-order valence-corrected chi connectivity index (χ4v) is 3.43. The van der Waals surface area contributed by atoms with Crippen LogP contribution in [0.1, 0.15) is 37.8 Å². The van der Waals surface area contributed by atoms with E-state index in [1.54, 1.807) is 11.3 Å². The second-order valence-corrected chi connectivity index (χ2v) is 8.39. The fourth-order valence-electron chi connectivity index (χ4n) is 2.24. The molecule has 3 nitrogen and oxygen atoms in total. The molecule has 1 amide bonds. The van der Waals surface area contributed by atoms with E-state index in [9.17, 15) is 4.79 Å². The van der Waals surface area contributed by atoms with Crippen LogP contribution in [0.4, 0.5) is 0 Å². The minimum absolute atomic E-state index is 0.0201. The number of halogens is 1. The van der Waals surface area contributed by atoms with Crippen LogP contribution >= 0.6 is 22.9 Å². The van der Waals surface area contributed by atoms with Crippen molar-refractivity contribution in [2.75, 3.05) is 6.54 Å². The van der Waals surface area contributed by atoms with Crippen molar-refractivity contribution < 1.29 is 4.79 Å². The van der Waals surface area contributed by atoms with Gasteiger partial charge in [-0.15, -0.1) is 11.3 Å². The number of carbonyl (C=O) groups is 1. The molecule has 0 spiro atoms. The summed E-state index contributed by atoms with van der Waals surface area (Å²) in [6.45, 7) is 8.87. The maximum absolute atomic E-state index is 11.9. The van der Waals surface area contributed by atoms with E-state index in [0.29, 0.717) is 13.0 Å². The summed E-state index contributed by atoms with van der Waals surface area (Å²) in [7, 11) is 0. The van der Waals surface area contributed by atoms with Crippen molar-refractivity contribution in [1.82, 2.24) is 10.3 Å². The summed E-state index contributed by atoms with van der Waals surface area (Å²) in [5, 5.41) is 4.72. The zero-order valence-electron chi connectivity index (χ0n) is 14.1. The number of aryl methyl sites for hydroxylation is 1. The molecule has 2 rings (SSSR count). The molecule has 0 radical (unpaired) electrons. The van der Waals surface area contributed by atoms with E-state index in [2.05, 4.69) is 31.1 Å². The van der Waals surface area contributed by atoms with Gasteiger partial charge in [0.05, 0.1) is 5.69 Å². The van der Waals surface area contributed by atoms with Gasteiger partial charge in [-0.05, 0) is 24.5 Å². The Morgan fingerprint density at radius 1 is 1.26 bits per heavy atom. The Labute approximate surface area is 147 Å². The van der Waals surface area contributed by atoms with Crippen LogP contribution in [-0.4, -0.2) is 17.4 Å². The Bertz CT molecular complexity index is 671. The van der Waals surface area contributed by atoms with Gasteiger partial charge in [0.25, 0.3) is 0 Å². The van der Waals surface area contributed by atoms with E-state index in [1.165, 1.54) is 4.88 Å². The minimum Gasteiger partial charge on any atom is -0.356 e. The molecule has 1 heterocycles. The van der Waals surface area contributed by atoms with Crippen LogP contribution in [0.15, 0.2) is 24.3 Å². The molecule has 1 aromatic heterocycles. The number of rotatable bonds is 5. The summed E-state index contributed by atoms with van der Waals surface area (Å²) in [5.74, 6) is 0.109. The van der Waals surface area contributed by atoms with Crippen LogP contribution in [0.2, 0.25) is 5.02 Å². The molecule has 2 aromatic rings. The Morgan fingerprint density at radius 3 is 2.52 bits per heavy atom. The van der Waals surface area contributed by atoms with Gasteiger partial charge in [-0.2, -0.15) is 0 Å². The third kappa shape index (κ3) is 5.63. The van der Waals surface area contributed by atoms with Gasteiger partial charge in [0, 0.05) is 34.8 Å². The van der Waals surface area contributed by atoms with Gasteiger partial charge in [0.2, 0.25) is 5.91 Å². The lowest BCUT2D eigenvalue weighted by Crippen LogP contribution is -2.29. The SMILES string of the molecule is Cc1nc(-c2ccc(Cl)cc2)sc1CCNC(=O)CC(C)(C)C. The van der Waals surface area contributed by atoms with Gasteiger partial charge >= 0.3 is 0 Å². The molecule has 0 aliphatic carbocycles. The predicted octanol–water partition coefficient (Wildman–Crippen LogP) is 4.87. The van der Waals surface area contributed by atoms with Crippen molar-refractivity contribution in [3.8, 4) is 10.6 Å². The molecule has 1 N–H and O–H groups in total. The van der Waals surface area contributed by atoms with Crippen LogP contribution < -0.4 is 5.32 Å².